The van der Waals surface area contributed by atoms with Gasteiger partial charge in [-0.25, -0.2) is 0 Å². The molecule has 6 nitrogen and oxygen atoms in total. The molecular formula is C64H104O6. The summed E-state index contributed by atoms with van der Waals surface area (Å²) < 4.78 is 16.8. The van der Waals surface area contributed by atoms with Crippen molar-refractivity contribution in [3.05, 3.63) is 122 Å². The van der Waals surface area contributed by atoms with Crippen LogP contribution in [0.25, 0.3) is 0 Å². The van der Waals surface area contributed by atoms with Crippen LogP contribution >= 0.6 is 0 Å². The lowest BCUT2D eigenvalue weighted by atomic mass is 10.0. The molecule has 1 atom stereocenters. The second-order valence-electron chi connectivity index (χ2n) is 18.4. The molecule has 0 saturated heterocycles. The fourth-order valence-electron chi connectivity index (χ4n) is 7.50. The van der Waals surface area contributed by atoms with Crippen LogP contribution in [0.5, 0.6) is 0 Å². The summed E-state index contributed by atoms with van der Waals surface area (Å²) in [7, 11) is 0. The Labute approximate surface area is 431 Å². The van der Waals surface area contributed by atoms with Gasteiger partial charge in [-0.1, -0.05) is 245 Å². The molecule has 0 aromatic carbocycles. The smallest absolute Gasteiger partial charge is 0.306 e. The Kier molecular flexibility index (Phi) is 54.0. The lowest BCUT2D eigenvalue weighted by Gasteiger charge is -2.18. The fraction of sp³-hybridized carbons (Fsp3) is 0.641. The van der Waals surface area contributed by atoms with Crippen LogP contribution in [0.2, 0.25) is 0 Å². The lowest BCUT2D eigenvalue weighted by molar-refractivity contribution is -0.167. The maximum Gasteiger partial charge on any atom is 0.306 e. The van der Waals surface area contributed by atoms with Crippen molar-refractivity contribution in [3.8, 4) is 0 Å². The Bertz CT molecular complexity index is 1490. The molecule has 0 amide bonds. The van der Waals surface area contributed by atoms with E-state index in [4.69, 9.17) is 14.2 Å². The minimum atomic E-state index is -0.824. The number of hydrogen-bond donors (Lipinski definition) is 0. The summed E-state index contributed by atoms with van der Waals surface area (Å²) in [6.45, 7) is 6.34. The average Bonchev–Trinajstić information content (AvgIpc) is 3.36. The third-order valence-corrected chi connectivity index (χ3v) is 11.7. The summed E-state index contributed by atoms with van der Waals surface area (Å²) in [4.78, 5) is 38.1. The van der Waals surface area contributed by atoms with Gasteiger partial charge in [0.15, 0.2) is 6.10 Å². The van der Waals surface area contributed by atoms with Crippen molar-refractivity contribution in [1.82, 2.24) is 0 Å². The highest BCUT2D eigenvalue weighted by molar-refractivity contribution is 5.71. The van der Waals surface area contributed by atoms with Crippen LogP contribution in [0.15, 0.2) is 122 Å². The molecule has 0 aromatic rings. The first-order valence-electron chi connectivity index (χ1n) is 28.5. The Morgan fingerprint density at radius 1 is 0.300 bits per heavy atom. The van der Waals surface area contributed by atoms with Crippen LogP contribution in [-0.2, 0) is 28.6 Å². The van der Waals surface area contributed by atoms with Crippen molar-refractivity contribution in [2.24, 2.45) is 0 Å². The van der Waals surface area contributed by atoms with Crippen molar-refractivity contribution in [1.29, 1.82) is 0 Å². The molecule has 0 fully saturated rings. The zero-order chi connectivity index (χ0) is 50.7. The standard InChI is InChI=1S/C64H104O6/c1-4-7-10-13-16-19-22-25-28-31-32-34-36-39-42-45-48-51-54-57-63(66)69-60-61(59-68-62(65)56-53-50-47-44-41-38-35-30-27-24-21-18-15-12-9-6-3)70-64(67)58-55-52-49-46-43-40-37-33-29-26-23-20-17-14-11-8-5-2/h7-8,10-11,16-17,19-20,25-26,28-29,32,34,37,39-40,42,46,49,61H,4-6,9,12-15,18,21-24,27,30-31,33,35-36,38,41,43-45,47-48,50-60H2,1-3H3/b10-7-,11-8-,19-16-,20-17-,28-25-,29-26-,34-32-,40-37-,42-39-,49-46-/t61-/m1/s1. The molecule has 0 bridgehead atoms. The molecule has 0 aromatic heterocycles. The Balaban J connectivity index is 4.54. The van der Waals surface area contributed by atoms with E-state index in [9.17, 15) is 14.4 Å². The quantitative estimate of drug-likeness (QED) is 0.0262. The highest BCUT2D eigenvalue weighted by Crippen LogP contribution is 2.15. The second kappa shape index (κ2) is 57.4. The normalized spacial score (nSPS) is 13.0. The molecule has 396 valence electrons. The van der Waals surface area contributed by atoms with Crippen LogP contribution in [0, 0.1) is 0 Å². The maximum atomic E-state index is 12.8. The SMILES string of the molecule is CC/C=C\C/C=C\C/C=C\C/C=C\C/C=C\CCCCCC(=O)OC[C@@H](COC(=O)CCCCCCCCCCCCCCCCCC)OC(=O)CCC/C=C\C/C=C\C/C=C\C/C=C\C/C=C\CC. The summed E-state index contributed by atoms with van der Waals surface area (Å²) >= 11 is 0. The topological polar surface area (TPSA) is 78.9 Å². The van der Waals surface area contributed by atoms with E-state index in [2.05, 4.69) is 142 Å². The molecule has 0 unspecified atom stereocenters. The molecule has 0 aliphatic carbocycles. The molecule has 70 heavy (non-hydrogen) atoms. The number of rotatable bonds is 50. The largest absolute Gasteiger partial charge is 0.462 e. The molecule has 0 rings (SSSR count). The van der Waals surface area contributed by atoms with Gasteiger partial charge in [-0.2, -0.15) is 0 Å². The first-order valence-corrected chi connectivity index (χ1v) is 28.5. The Morgan fingerprint density at radius 3 is 0.914 bits per heavy atom. The minimum Gasteiger partial charge on any atom is -0.462 e. The number of ether oxygens (including phenoxy) is 3. The van der Waals surface area contributed by atoms with Gasteiger partial charge in [0.25, 0.3) is 0 Å². The maximum absolute atomic E-state index is 12.8. The van der Waals surface area contributed by atoms with Crippen molar-refractivity contribution in [2.45, 2.75) is 252 Å². The zero-order valence-electron chi connectivity index (χ0n) is 45.2. The highest BCUT2D eigenvalue weighted by atomic mass is 16.6. The van der Waals surface area contributed by atoms with Gasteiger partial charge in [0, 0.05) is 19.3 Å². The predicted octanol–water partition coefficient (Wildman–Crippen LogP) is 19.3. The van der Waals surface area contributed by atoms with E-state index < -0.39 is 6.10 Å². The van der Waals surface area contributed by atoms with E-state index in [-0.39, 0.29) is 37.5 Å². The lowest BCUT2D eigenvalue weighted by Crippen LogP contribution is -2.30. The molecule has 0 heterocycles. The highest BCUT2D eigenvalue weighted by Gasteiger charge is 2.19. The van der Waals surface area contributed by atoms with Crippen molar-refractivity contribution in [2.75, 3.05) is 13.2 Å². The summed E-state index contributed by atoms with van der Waals surface area (Å²) in [5.74, 6) is -1.00. The van der Waals surface area contributed by atoms with Crippen molar-refractivity contribution >= 4 is 17.9 Å². The van der Waals surface area contributed by atoms with E-state index in [1.165, 1.54) is 83.5 Å². The van der Waals surface area contributed by atoms with Crippen molar-refractivity contribution in [3.63, 3.8) is 0 Å². The van der Waals surface area contributed by atoms with Gasteiger partial charge < -0.3 is 14.2 Å². The number of hydrogen-bond acceptors (Lipinski definition) is 6. The van der Waals surface area contributed by atoms with Crippen LogP contribution in [0.3, 0.4) is 0 Å². The van der Waals surface area contributed by atoms with E-state index >= 15 is 0 Å². The van der Waals surface area contributed by atoms with Gasteiger partial charge >= 0.3 is 17.9 Å². The summed E-state index contributed by atoms with van der Waals surface area (Å²) in [6.07, 6.45) is 79.1. The van der Waals surface area contributed by atoms with Crippen molar-refractivity contribution < 1.29 is 28.6 Å². The molecule has 0 radical (unpaired) electrons. The first kappa shape index (κ1) is 65.8. The van der Waals surface area contributed by atoms with Gasteiger partial charge in [0.2, 0.25) is 0 Å². The van der Waals surface area contributed by atoms with Crippen LogP contribution < -0.4 is 0 Å². The molecular weight excluding hydrogens is 865 g/mol. The molecule has 0 saturated carbocycles. The number of allylic oxidation sites excluding steroid dienone is 20. The summed E-state index contributed by atoms with van der Waals surface area (Å²) in [5.41, 5.74) is 0. The third-order valence-electron chi connectivity index (χ3n) is 11.7. The third kappa shape index (κ3) is 54.7. The number of esters is 3. The van der Waals surface area contributed by atoms with Gasteiger partial charge in [-0.3, -0.25) is 14.4 Å². The summed E-state index contributed by atoms with van der Waals surface area (Å²) in [6, 6.07) is 0. The van der Waals surface area contributed by atoms with E-state index in [0.717, 1.165) is 116 Å². The van der Waals surface area contributed by atoms with E-state index in [0.29, 0.717) is 19.3 Å². The number of carbonyl (C=O) groups excluding carboxylic acids is 3. The monoisotopic (exact) mass is 969 g/mol. The Hall–Kier alpha value is -4.19. The molecule has 0 spiro atoms. The van der Waals surface area contributed by atoms with Crippen LogP contribution in [-0.4, -0.2) is 37.2 Å². The number of carbonyl (C=O) groups is 3. The number of unbranched alkanes of at least 4 members (excludes halogenated alkanes) is 19. The zero-order valence-corrected chi connectivity index (χ0v) is 45.2. The van der Waals surface area contributed by atoms with E-state index in [1.54, 1.807) is 0 Å². The van der Waals surface area contributed by atoms with Crippen LogP contribution in [0.4, 0.5) is 0 Å². The van der Waals surface area contributed by atoms with E-state index in [1.807, 2.05) is 0 Å². The molecule has 0 N–H and O–H groups in total. The average molecular weight is 970 g/mol. The van der Waals surface area contributed by atoms with Gasteiger partial charge in [0.1, 0.15) is 13.2 Å². The van der Waals surface area contributed by atoms with Gasteiger partial charge in [-0.15, -0.1) is 0 Å². The van der Waals surface area contributed by atoms with Gasteiger partial charge in [0.05, 0.1) is 0 Å². The van der Waals surface area contributed by atoms with Gasteiger partial charge in [-0.05, 0) is 103 Å². The van der Waals surface area contributed by atoms with Crippen LogP contribution in [0.1, 0.15) is 245 Å². The molecule has 6 heteroatoms. The first-order chi connectivity index (χ1) is 34.5. The fourth-order valence-corrected chi connectivity index (χ4v) is 7.50. The second-order valence-corrected chi connectivity index (χ2v) is 18.4. The Morgan fingerprint density at radius 2 is 0.571 bits per heavy atom. The minimum absolute atomic E-state index is 0.112. The predicted molar refractivity (Wildman–Crippen MR) is 302 cm³/mol. The molecule has 0 aliphatic rings. The molecule has 0 aliphatic heterocycles. The summed E-state index contributed by atoms with van der Waals surface area (Å²) in [5, 5.41) is 0.